The molecule has 6 heteroatoms. The normalized spacial score (nSPS) is 18.4. The minimum Gasteiger partial charge on any atom is -0.365 e. The van der Waals surface area contributed by atoms with Crippen molar-refractivity contribution in [3.8, 4) is 0 Å². The van der Waals surface area contributed by atoms with Gasteiger partial charge in [0, 0.05) is 31.1 Å². The zero-order valence-electron chi connectivity index (χ0n) is 11.8. The molecule has 3 nitrogen and oxygen atoms in total. The Morgan fingerprint density at radius 2 is 2.14 bits per heavy atom. The SMILES string of the molecule is Cc1nc(CN[C@@H]2CCN(c3c(F)cccc3F)C2)cs1. The molecule has 21 heavy (non-hydrogen) atoms. The first-order valence-electron chi connectivity index (χ1n) is 6.97. The maximum absolute atomic E-state index is 13.8. The van der Waals surface area contributed by atoms with Gasteiger partial charge in [0.25, 0.3) is 0 Å². The summed E-state index contributed by atoms with van der Waals surface area (Å²) in [6.07, 6.45) is 0.872. The van der Waals surface area contributed by atoms with Gasteiger partial charge >= 0.3 is 0 Å². The van der Waals surface area contributed by atoms with Gasteiger partial charge in [-0.25, -0.2) is 13.8 Å². The van der Waals surface area contributed by atoms with E-state index < -0.39 is 11.6 Å². The molecule has 0 amide bonds. The molecule has 1 atom stereocenters. The number of anilines is 1. The van der Waals surface area contributed by atoms with Gasteiger partial charge in [-0.2, -0.15) is 0 Å². The van der Waals surface area contributed by atoms with Crippen molar-refractivity contribution in [2.24, 2.45) is 0 Å². The summed E-state index contributed by atoms with van der Waals surface area (Å²) in [5, 5.41) is 6.49. The van der Waals surface area contributed by atoms with Gasteiger partial charge in [-0.15, -0.1) is 11.3 Å². The Labute approximate surface area is 126 Å². The molecule has 0 saturated carbocycles. The van der Waals surface area contributed by atoms with E-state index in [0.717, 1.165) is 17.1 Å². The molecule has 2 aromatic rings. The number of hydrogen-bond acceptors (Lipinski definition) is 4. The van der Waals surface area contributed by atoms with E-state index in [4.69, 9.17) is 0 Å². The van der Waals surface area contributed by atoms with Crippen LogP contribution in [-0.2, 0) is 6.54 Å². The van der Waals surface area contributed by atoms with Crippen LogP contribution in [0.2, 0.25) is 0 Å². The highest BCUT2D eigenvalue weighted by molar-refractivity contribution is 7.09. The molecule has 1 saturated heterocycles. The third kappa shape index (κ3) is 3.22. The van der Waals surface area contributed by atoms with Crippen LogP contribution in [0, 0.1) is 18.6 Å². The molecular weight excluding hydrogens is 292 g/mol. The predicted octanol–water partition coefficient (Wildman–Crippen LogP) is 3.10. The van der Waals surface area contributed by atoms with Gasteiger partial charge in [0.15, 0.2) is 0 Å². The number of thiazole rings is 1. The predicted molar refractivity (Wildman–Crippen MR) is 80.7 cm³/mol. The molecule has 0 unspecified atom stereocenters. The monoisotopic (exact) mass is 309 g/mol. The van der Waals surface area contributed by atoms with Crippen molar-refractivity contribution in [2.75, 3.05) is 18.0 Å². The maximum Gasteiger partial charge on any atom is 0.149 e. The molecular formula is C15H17F2N3S. The standard InChI is InChI=1S/C15H17F2N3S/c1-10-19-12(9-21-10)7-18-11-5-6-20(8-11)15-13(16)3-2-4-14(15)17/h2-4,9,11,18H,5-8H2,1H3/t11-/m1/s1. The van der Waals surface area contributed by atoms with Crippen molar-refractivity contribution < 1.29 is 8.78 Å². The number of benzene rings is 1. The fourth-order valence-electron chi connectivity index (χ4n) is 2.66. The lowest BCUT2D eigenvalue weighted by Gasteiger charge is -2.20. The largest absolute Gasteiger partial charge is 0.365 e. The van der Waals surface area contributed by atoms with Crippen molar-refractivity contribution in [1.29, 1.82) is 0 Å². The minimum atomic E-state index is -0.495. The van der Waals surface area contributed by atoms with E-state index in [2.05, 4.69) is 10.3 Å². The fourth-order valence-corrected chi connectivity index (χ4v) is 3.27. The van der Waals surface area contributed by atoms with Gasteiger partial charge in [-0.3, -0.25) is 0 Å². The molecule has 1 fully saturated rings. The first kappa shape index (κ1) is 14.4. The summed E-state index contributed by atoms with van der Waals surface area (Å²) in [4.78, 5) is 6.17. The Hall–Kier alpha value is -1.53. The average Bonchev–Trinajstić information content (AvgIpc) is 3.06. The van der Waals surface area contributed by atoms with Crippen LogP contribution in [0.5, 0.6) is 0 Å². The Morgan fingerprint density at radius 1 is 1.38 bits per heavy atom. The lowest BCUT2D eigenvalue weighted by atomic mass is 10.2. The van der Waals surface area contributed by atoms with E-state index in [1.165, 1.54) is 18.2 Å². The summed E-state index contributed by atoms with van der Waals surface area (Å²) in [6.45, 7) is 3.95. The lowest BCUT2D eigenvalue weighted by Crippen LogP contribution is -2.32. The number of halogens is 2. The van der Waals surface area contributed by atoms with Gasteiger partial charge in [0.2, 0.25) is 0 Å². The number of para-hydroxylation sites is 1. The molecule has 0 radical (unpaired) electrons. The van der Waals surface area contributed by atoms with Crippen LogP contribution in [0.3, 0.4) is 0 Å². The smallest absolute Gasteiger partial charge is 0.149 e. The van der Waals surface area contributed by atoms with Crippen molar-refractivity contribution in [1.82, 2.24) is 10.3 Å². The molecule has 112 valence electrons. The van der Waals surface area contributed by atoms with Gasteiger partial charge in [-0.1, -0.05) is 6.07 Å². The van der Waals surface area contributed by atoms with Crippen molar-refractivity contribution in [3.63, 3.8) is 0 Å². The Bertz CT molecular complexity index is 609. The van der Waals surface area contributed by atoms with Gasteiger partial charge in [-0.05, 0) is 25.5 Å². The summed E-state index contributed by atoms with van der Waals surface area (Å²) in [5.74, 6) is -0.989. The van der Waals surface area contributed by atoms with Gasteiger partial charge in [0.1, 0.15) is 17.3 Å². The Kier molecular flexibility index (Phi) is 4.17. The zero-order valence-corrected chi connectivity index (χ0v) is 12.6. The van der Waals surface area contributed by atoms with Crippen LogP contribution in [-0.4, -0.2) is 24.1 Å². The van der Waals surface area contributed by atoms with Crippen LogP contribution in [0.1, 0.15) is 17.1 Å². The van der Waals surface area contributed by atoms with Gasteiger partial charge in [0.05, 0.1) is 10.7 Å². The third-order valence-electron chi connectivity index (χ3n) is 3.68. The molecule has 3 rings (SSSR count). The first-order valence-corrected chi connectivity index (χ1v) is 7.85. The lowest BCUT2D eigenvalue weighted by molar-refractivity contribution is 0.542. The summed E-state index contributed by atoms with van der Waals surface area (Å²) < 4.78 is 27.5. The molecule has 1 aliphatic rings. The minimum absolute atomic E-state index is 0.0892. The highest BCUT2D eigenvalue weighted by atomic mass is 32.1. The Balaban J connectivity index is 1.60. The Morgan fingerprint density at radius 3 is 2.81 bits per heavy atom. The van der Waals surface area contributed by atoms with E-state index in [1.807, 2.05) is 12.3 Å². The number of nitrogens with zero attached hydrogens (tertiary/aromatic N) is 2. The maximum atomic E-state index is 13.8. The van der Waals surface area contributed by atoms with Gasteiger partial charge < -0.3 is 10.2 Å². The fraction of sp³-hybridized carbons (Fsp3) is 0.400. The van der Waals surface area contributed by atoms with Crippen molar-refractivity contribution >= 4 is 17.0 Å². The molecule has 0 aliphatic carbocycles. The summed E-state index contributed by atoms with van der Waals surface area (Å²) in [6, 6.07) is 4.23. The van der Waals surface area contributed by atoms with E-state index in [0.29, 0.717) is 19.6 Å². The zero-order chi connectivity index (χ0) is 14.8. The quantitative estimate of drug-likeness (QED) is 0.940. The number of nitrogens with one attached hydrogen (secondary N) is 1. The topological polar surface area (TPSA) is 28.2 Å². The average molecular weight is 309 g/mol. The molecule has 0 spiro atoms. The molecule has 1 aromatic carbocycles. The second-order valence-electron chi connectivity index (χ2n) is 5.24. The number of aromatic nitrogens is 1. The van der Waals surface area contributed by atoms with Crippen LogP contribution < -0.4 is 10.2 Å². The number of hydrogen-bond donors (Lipinski definition) is 1. The molecule has 2 heterocycles. The molecule has 1 aromatic heterocycles. The van der Waals surface area contributed by atoms with E-state index in [1.54, 1.807) is 16.2 Å². The third-order valence-corrected chi connectivity index (χ3v) is 4.50. The highest BCUT2D eigenvalue weighted by Crippen LogP contribution is 2.26. The second kappa shape index (κ2) is 6.07. The summed E-state index contributed by atoms with van der Waals surface area (Å²) in [5.41, 5.74) is 1.11. The van der Waals surface area contributed by atoms with Crippen LogP contribution in [0.25, 0.3) is 0 Å². The summed E-state index contributed by atoms with van der Waals surface area (Å²) in [7, 11) is 0. The van der Waals surface area contributed by atoms with Crippen LogP contribution >= 0.6 is 11.3 Å². The van der Waals surface area contributed by atoms with E-state index in [-0.39, 0.29) is 11.7 Å². The van der Waals surface area contributed by atoms with Crippen LogP contribution in [0.15, 0.2) is 23.6 Å². The van der Waals surface area contributed by atoms with Crippen molar-refractivity contribution in [2.45, 2.75) is 25.9 Å². The van der Waals surface area contributed by atoms with Crippen molar-refractivity contribution in [3.05, 3.63) is 45.9 Å². The second-order valence-corrected chi connectivity index (χ2v) is 6.30. The highest BCUT2D eigenvalue weighted by Gasteiger charge is 2.26. The molecule has 1 aliphatic heterocycles. The number of aryl methyl sites for hydroxylation is 1. The van der Waals surface area contributed by atoms with Crippen LogP contribution in [0.4, 0.5) is 14.5 Å². The molecule has 1 N–H and O–H groups in total. The first-order chi connectivity index (χ1) is 10.1. The van der Waals surface area contributed by atoms with E-state index in [9.17, 15) is 8.78 Å². The number of rotatable bonds is 4. The van der Waals surface area contributed by atoms with E-state index >= 15 is 0 Å². The summed E-state index contributed by atoms with van der Waals surface area (Å²) >= 11 is 1.63. The molecule has 0 bridgehead atoms.